The van der Waals surface area contributed by atoms with E-state index in [1.165, 1.54) is 0 Å². The number of ether oxygens (including phenoxy) is 1. The third-order valence-corrected chi connectivity index (χ3v) is 4.16. The fourth-order valence-corrected chi connectivity index (χ4v) is 2.80. The van der Waals surface area contributed by atoms with Gasteiger partial charge in [-0.15, -0.1) is 0 Å². The second-order valence-corrected chi connectivity index (χ2v) is 7.05. The number of rotatable bonds is 2. The molecular formula is C16H23ClN2O2. The molecule has 0 spiro atoms. The van der Waals surface area contributed by atoms with Crippen LogP contribution in [0.15, 0.2) is 12.1 Å². The van der Waals surface area contributed by atoms with Crippen LogP contribution in [0.5, 0.6) is 0 Å². The Bertz CT molecular complexity index is 540. The van der Waals surface area contributed by atoms with E-state index in [4.69, 9.17) is 16.3 Å². The van der Waals surface area contributed by atoms with Gasteiger partial charge in [-0.2, -0.15) is 0 Å². The van der Waals surface area contributed by atoms with Crippen molar-refractivity contribution in [1.82, 2.24) is 9.88 Å². The van der Waals surface area contributed by atoms with Crippen LogP contribution in [-0.4, -0.2) is 41.6 Å². The van der Waals surface area contributed by atoms with Crippen molar-refractivity contribution < 1.29 is 9.53 Å². The molecule has 1 amide bonds. The summed E-state index contributed by atoms with van der Waals surface area (Å²) in [5.41, 5.74) is 1.26. The first kappa shape index (κ1) is 16.2. The van der Waals surface area contributed by atoms with E-state index in [2.05, 4.69) is 25.8 Å². The van der Waals surface area contributed by atoms with E-state index in [9.17, 15) is 4.79 Å². The molecule has 1 fully saturated rings. The second-order valence-electron chi connectivity index (χ2n) is 6.66. The zero-order valence-corrected chi connectivity index (χ0v) is 14.1. The van der Waals surface area contributed by atoms with Crippen molar-refractivity contribution in [1.29, 1.82) is 0 Å². The summed E-state index contributed by atoms with van der Waals surface area (Å²) < 4.78 is 5.54. The number of hydrogen-bond acceptors (Lipinski definition) is 3. The van der Waals surface area contributed by atoms with Crippen molar-refractivity contribution in [3.05, 3.63) is 28.5 Å². The number of pyridine rings is 1. The molecule has 0 bridgehead atoms. The minimum atomic E-state index is -0.151. The largest absolute Gasteiger partial charge is 0.376 e. The molecule has 0 saturated carbocycles. The lowest BCUT2D eigenvalue weighted by Gasteiger charge is -2.27. The summed E-state index contributed by atoms with van der Waals surface area (Å²) in [6.45, 7) is 8.86. The zero-order chi connectivity index (χ0) is 15.8. The Kier molecular flexibility index (Phi) is 4.59. The van der Waals surface area contributed by atoms with Crippen LogP contribution in [0.25, 0.3) is 0 Å². The molecule has 0 aromatic carbocycles. The molecule has 1 aromatic heterocycles. The van der Waals surface area contributed by atoms with E-state index in [-0.39, 0.29) is 23.5 Å². The number of amides is 1. The number of hydrogen-bond donors (Lipinski definition) is 0. The van der Waals surface area contributed by atoms with Crippen molar-refractivity contribution >= 4 is 17.5 Å². The van der Waals surface area contributed by atoms with E-state index in [0.29, 0.717) is 17.3 Å². The third kappa shape index (κ3) is 3.55. The van der Waals surface area contributed by atoms with Crippen LogP contribution in [0, 0.1) is 0 Å². The highest BCUT2D eigenvalue weighted by molar-refractivity contribution is 6.29. The lowest BCUT2D eigenvalue weighted by atomic mass is 9.90. The number of carbonyl (C=O) groups is 1. The van der Waals surface area contributed by atoms with Gasteiger partial charge in [0.2, 0.25) is 0 Å². The van der Waals surface area contributed by atoms with Crippen LogP contribution in [0.2, 0.25) is 5.15 Å². The highest BCUT2D eigenvalue weighted by Gasteiger charge is 2.31. The van der Waals surface area contributed by atoms with Crippen LogP contribution in [0.1, 0.15) is 50.2 Å². The summed E-state index contributed by atoms with van der Waals surface area (Å²) in [7, 11) is 1.82. The molecule has 21 heavy (non-hydrogen) atoms. The van der Waals surface area contributed by atoms with Crippen molar-refractivity contribution in [2.24, 2.45) is 0 Å². The molecule has 4 nitrogen and oxygen atoms in total. The standard InChI is InChI=1S/C16H23ClN2O2/c1-10-12(6-7-21-10)19(5)15(20)11-8-13(16(2,3)4)18-14(17)9-11/h8-10,12H,6-7H2,1-5H3. The quantitative estimate of drug-likeness (QED) is 0.787. The van der Waals surface area contributed by atoms with Gasteiger partial charge in [0.25, 0.3) is 5.91 Å². The lowest BCUT2D eigenvalue weighted by Crippen LogP contribution is -2.41. The molecule has 1 saturated heterocycles. The first-order valence-electron chi connectivity index (χ1n) is 7.27. The van der Waals surface area contributed by atoms with E-state index in [0.717, 1.165) is 12.1 Å². The predicted octanol–water partition coefficient (Wildman–Crippen LogP) is 3.28. The van der Waals surface area contributed by atoms with Crippen LogP contribution >= 0.6 is 11.6 Å². The molecule has 0 aliphatic carbocycles. The topological polar surface area (TPSA) is 42.4 Å². The number of aromatic nitrogens is 1. The summed E-state index contributed by atoms with van der Waals surface area (Å²) in [6.07, 6.45) is 0.937. The Hall–Kier alpha value is -1.13. The minimum absolute atomic E-state index is 0.0350. The Balaban J connectivity index is 2.28. The minimum Gasteiger partial charge on any atom is -0.376 e. The smallest absolute Gasteiger partial charge is 0.254 e. The Labute approximate surface area is 131 Å². The second kappa shape index (κ2) is 5.93. The average Bonchev–Trinajstić information content (AvgIpc) is 2.81. The third-order valence-electron chi connectivity index (χ3n) is 3.96. The van der Waals surface area contributed by atoms with Gasteiger partial charge in [0.1, 0.15) is 5.15 Å². The van der Waals surface area contributed by atoms with E-state index < -0.39 is 0 Å². The first-order chi connectivity index (χ1) is 9.70. The molecule has 5 heteroatoms. The lowest BCUT2D eigenvalue weighted by molar-refractivity contribution is 0.0574. The maximum Gasteiger partial charge on any atom is 0.254 e. The molecule has 0 radical (unpaired) electrons. The van der Waals surface area contributed by atoms with Gasteiger partial charge in [-0.1, -0.05) is 32.4 Å². The molecule has 0 N–H and O–H groups in total. The monoisotopic (exact) mass is 310 g/mol. The number of carbonyl (C=O) groups excluding carboxylic acids is 1. The normalized spacial score (nSPS) is 22.4. The molecule has 1 aliphatic rings. The highest BCUT2D eigenvalue weighted by atomic mass is 35.5. The summed E-state index contributed by atoms with van der Waals surface area (Å²) in [5, 5.41) is 0.356. The molecule has 2 heterocycles. The molecule has 2 unspecified atom stereocenters. The van der Waals surface area contributed by atoms with Crippen molar-refractivity contribution in [3.63, 3.8) is 0 Å². The van der Waals surface area contributed by atoms with E-state index in [1.54, 1.807) is 11.0 Å². The fraction of sp³-hybridized carbons (Fsp3) is 0.625. The first-order valence-corrected chi connectivity index (χ1v) is 7.65. The Morgan fingerprint density at radius 2 is 2.10 bits per heavy atom. The highest BCUT2D eigenvalue weighted by Crippen LogP contribution is 2.25. The van der Waals surface area contributed by atoms with Crippen molar-refractivity contribution in [2.45, 2.75) is 51.7 Å². The van der Waals surface area contributed by atoms with Gasteiger partial charge in [-0.05, 0) is 25.5 Å². The SMILES string of the molecule is CC1OCCC1N(C)C(=O)c1cc(Cl)nc(C(C)(C)C)c1. The van der Waals surface area contributed by atoms with Crippen LogP contribution in [0.3, 0.4) is 0 Å². The van der Waals surface area contributed by atoms with Crippen LogP contribution in [-0.2, 0) is 10.2 Å². The molecule has 1 aliphatic heterocycles. The van der Waals surface area contributed by atoms with E-state index >= 15 is 0 Å². The summed E-state index contributed by atoms with van der Waals surface area (Å²) in [4.78, 5) is 18.8. The van der Waals surface area contributed by atoms with E-state index in [1.807, 2.05) is 20.0 Å². The summed E-state index contributed by atoms with van der Waals surface area (Å²) in [5.74, 6) is -0.0350. The summed E-state index contributed by atoms with van der Waals surface area (Å²) in [6, 6.07) is 3.59. The molecule has 116 valence electrons. The van der Waals surface area contributed by atoms with Gasteiger partial charge in [0, 0.05) is 30.3 Å². The molecule has 2 rings (SSSR count). The number of likely N-dealkylation sites (N-methyl/N-ethyl adjacent to an activating group) is 1. The Morgan fingerprint density at radius 1 is 1.43 bits per heavy atom. The van der Waals surface area contributed by atoms with Gasteiger partial charge < -0.3 is 9.64 Å². The van der Waals surface area contributed by atoms with Crippen molar-refractivity contribution in [3.8, 4) is 0 Å². The molecule has 1 aromatic rings. The van der Waals surface area contributed by atoms with Gasteiger partial charge in [-0.3, -0.25) is 4.79 Å². The van der Waals surface area contributed by atoms with Gasteiger partial charge in [0.05, 0.1) is 12.1 Å². The molecule has 2 atom stereocenters. The zero-order valence-electron chi connectivity index (χ0n) is 13.3. The van der Waals surface area contributed by atoms with Gasteiger partial charge in [-0.25, -0.2) is 4.98 Å². The predicted molar refractivity (Wildman–Crippen MR) is 83.9 cm³/mol. The van der Waals surface area contributed by atoms with Gasteiger partial charge >= 0.3 is 0 Å². The van der Waals surface area contributed by atoms with Gasteiger partial charge in [0.15, 0.2) is 0 Å². The average molecular weight is 311 g/mol. The summed E-state index contributed by atoms with van der Waals surface area (Å²) >= 11 is 6.09. The van der Waals surface area contributed by atoms with Crippen molar-refractivity contribution in [2.75, 3.05) is 13.7 Å². The Morgan fingerprint density at radius 3 is 2.62 bits per heavy atom. The van der Waals surface area contributed by atoms with Crippen LogP contribution in [0.4, 0.5) is 0 Å². The maximum absolute atomic E-state index is 12.7. The molecular weight excluding hydrogens is 288 g/mol. The fourth-order valence-electron chi connectivity index (χ4n) is 2.59. The number of nitrogens with zero attached hydrogens (tertiary/aromatic N) is 2. The maximum atomic E-state index is 12.7. The van der Waals surface area contributed by atoms with Crippen LogP contribution < -0.4 is 0 Å². The number of halogens is 1.